The third-order valence-corrected chi connectivity index (χ3v) is 3.17. The van der Waals surface area contributed by atoms with Crippen LogP contribution in [0.25, 0.3) is 5.69 Å². The van der Waals surface area contributed by atoms with E-state index in [1.54, 1.807) is 11.6 Å². The summed E-state index contributed by atoms with van der Waals surface area (Å²) in [6.45, 7) is 5.89. The van der Waals surface area contributed by atoms with E-state index >= 15 is 0 Å². The van der Waals surface area contributed by atoms with Crippen molar-refractivity contribution < 1.29 is 0 Å². The van der Waals surface area contributed by atoms with Crippen molar-refractivity contribution in [2.45, 2.75) is 27.2 Å². The van der Waals surface area contributed by atoms with E-state index in [9.17, 15) is 4.79 Å². The Kier molecular flexibility index (Phi) is 3.85. The van der Waals surface area contributed by atoms with Gasteiger partial charge in [-0.3, -0.25) is 5.01 Å². The summed E-state index contributed by atoms with van der Waals surface area (Å²) < 4.78 is 1.57. The molecule has 106 valence electrons. The smallest absolute Gasteiger partial charge is 0.282 e. The topological polar surface area (TPSA) is 77.0 Å². The van der Waals surface area contributed by atoms with Gasteiger partial charge in [0.15, 0.2) is 0 Å². The van der Waals surface area contributed by atoms with Crippen LogP contribution in [0.15, 0.2) is 23.0 Å². The molecule has 0 bridgehead atoms. The number of hydrogen-bond donors (Lipinski definition) is 1. The van der Waals surface area contributed by atoms with Crippen LogP contribution in [0.5, 0.6) is 0 Å². The second-order valence-electron chi connectivity index (χ2n) is 4.76. The van der Waals surface area contributed by atoms with Gasteiger partial charge in [0.25, 0.3) is 0 Å². The SMILES string of the molecule is CCc1nc(N(C)N)nc(=O)n1-c1c(C)cccc1C. The molecule has 0 fully saturated rings. The van der Waals surface area contributed by atoms with E-state index in [0.29, 0.717) is 12.2 Å². The summed E-state index contributed by atoms with van der Waals surface area (Å²) >= 11 is 0. The number of hydrogen-bond acceptors (Lipinski definition) is 5. The molecule has 0 aliphatic heterocycles. The van der Waals surface area contributed by atoms with E-state index in [1.165, 1.54) is 5.01 Å². The van der Waals surface area contributed by atoms with Crippen LogP contribution in [-0.2, 0) is 6.42 Å². The lowest BCUT2D eigenvalue weighted by atomic mass is 10.1. The van der Waals surface area contributed by atoms with E-state index in [4.69, 9.17) is 5.84 Å². The largest absolute Gasteiger partial charge is 0.356 e. The molecule has 2 N–H and O–H groups in total. The fraction of sp³-hybridized carbons (Fsp3) is 0.357. The average molecular weight is 273 g/mol. The Balaban J connectivity index is 2.78. The van der Waals surface area contributed by atoms with Crippen molar-refractivity contribution >= 4 is 5.95 Å². The molecule has 0 aliphatic rings. The minimum absolute atomic E-state index is 0.231. The van der Waals surface area contributed by atoms with Gasteiger partial charge in [-0.05, 0) is 25.0 Å². The highest BCUT2D eigenvalue weighted by Crippen LogP contribution is 2.18. The number of aryl methyl sites for hydroxylation is 3. The first kappa shape index (κ1) is 14.2. The van der Waals surface area contributed by atoms with Crippen molar-refractivity contribution in [3.05, 3.63) is 45.6 Å². The Hall–Kier alpha value is -2.21. The zero-order valence-corrected chi connectivity index (χ0v) is 12.2. The molecule has 6 nitrogen and oxygen atoms in total. The molecular weight excluding hydrogens is 254 g/mol. The molecule has 2 aromatic rings. The Morgan fingerprint density at radius 1 is 1.25 bits per heavy atom. The van der Waals surface area contributed by atoms with Crippen LogP contribution in [-0.4, -0.2) is 21.6 Å². The standard InChI is InChI=1S/C14H19N5O/c1-5-11-16-13(18(4)15)17-14(20)19(11)12-9(2)7-6-8-10(12)3/h6-8H,5,15H2,1-4H3. The molecule has 0 atom stereocenters. The van der Waals surface area contributed by atoms with Gasteiger partial charge in [0.1, 0.15) is 5.82 Å². The highest BCUT2D eigenvalue weighted by atomic mass is 16.1. The highest BCUT2D eigenvalue weighted by molar-refractivity contribution is 5.47. The maximum atomic E-state index is 12.4. The fourth-order valence-corrected chi connectivity index (χ4v) is 2.21. The Morgan fingerprint density at radius 2 is 1.85 bits per heavy atom. The van der Waals surface area contributed by atoms with Gasteiger partial charge in [-0.1, -0.05) is 25.1 Å². The van der Waals surface area contributed by atoms with Crippen LogP contribution in [0.1, 0.15) is 23.9 Å². The van der Waals surface area contributed by atoms with E-state index in [0.717, 1.165) is 16.8 Å². The third kappa shape index (κ3) is 2.42. The van der Waals surface area contributed by atoms with E-state index in [1.807, 2.05) is 39.0 Å². The highest BCUT2D eigenvalue weighted by Gasteiger charge is 2.15. The number of benzene rings is 1. The fourth-order valence-electron chi connectivity index (χ4n) is 2.21. The summed E-state index contributed by atoms with van der Waals surface area (Å²) in [4.78, 5) is 20.7. The Morgan fingerprint density at radius 3 is 2.35 bits per heavy atom. The molecule has 1 aromatic carbocycles. The minimum Gasteiger partial charge on any atom is -0.282 e. The van der Waals surface area contributed by atoms with Crippen LogP contribution in [0.2, 0.25) is 0 Å². The van der Waals surface area contributed by atoms with Crippen molar-refractivity contribution in [2.24, 2.45) is 5.84 Å². The first-order valence-corrected chi connectivity index (χ1v) is 6.50. The second kappa shape index (κ2) is 5.42. The van der Waals surface area contributed by atoms with Crippen LogP contribution in [0, 0.1) is 13.8 Å². The first-order valence-electron chi connectivity index (χ1n) is 6.50. The molecule has 6 heteroatoms. The average Bonchev–Trinajstić information content (AvgIpc) is 2.39. The maximum Gasteiger partial charge on any atom is 0.356 e. The molecule has 0 spiro atoms. The molecular formula is C14H19N5O. The van der Waals surface area contributed by atoms with Crippen molar-refractivity contribution in [3.63, 3.8) is 0 Å². The monoisotopic (exact) mass is 273 g/mol. The zero-order chi connectivity index (χ0) is 14.9. The molecule has 1 heterocycles. The Bertz CT molecular complexity index is 670. The van der Waals surface area contributed by atoms with Gasteiger partial charge in [-0.25, -0.2) is 15.2 Å². The van der Waals surface area contributed by atoms with Gasteiger partial charge in [0, 0.05) is 13.5 Å². The van der Waals surface area contributed by atoms with Crippen LogP contribution in [0.4, 0.5) is 5.95 Å². The zero-order valence-electron chi connectivity index (χ0n) is 12.2. The summed E-state index contributed by atoms with van der Waals surface area (Å²) in [5.74, 6) is 6.49. The Labute approximate surface area is 117 Å². The lowest BCUT2D eigenvalue weighted by molar-refractivity contribution is 0.744. The third-order valence-electron chi connectivity index (χ3n) is 3.17. The number of rotatable bonds is 3. The number of hydrazine groups is 1. The molecule has 2 rings (SSSR count). The number of nitrogens with zero attached hydrogens (tertiary/aromatic N) is 4. The van der Waals surface area contributed by atoms with Gasteiger partial charge < -0.3 is 0 Å². The van der Waals surface area contributed by atoms with Gasteiger partial charge in [0.05, 0.1) is 5.69 Å². The number of para-hydroxylation sites is 1. The van der Waals surface area contributed by atoms with Crippen LogP contribution < -0.4 is 16.5 Å². The minimum atomic E-state index is -0.360. The second-order valence-corrected chi connectivity index (χ2v) is 4.76. The summed E-state index contributed by atoms with van der Waals surface area (Å²) in [5, 5.41) is 1.25. The van der Waals surface area contributed by atoms with E-state index < -0.39 is 0 Å². The normalized spacial score (nSPS) is 10.7. The van der Waals surface area contributed by atoms with E-state index in [-0.39, 0.29) is 11.6 Å². The predicted octanol–water partition coefficient (Wildman–Crippen LogP) is 1.12. The number of nitrogens with two attached hydrogens (primary N) is 1. The number of anilines is 1. The van der Waals surface area contributed by atoms with Crippen molar-refractivity contribution in [3.8, 4) is 5.69 Å². The van der Waals surface area contributed by atoms with Gasteiger partial charge in [0.2, 0.25) is 5.95 Å². The maximum absolute atomic E-state index is 12.4. The molecule has 0 aliphatic carbocycles. The summed E-state index contributed by atoms with van der Waals surface area (Å²) in [6, 6.07) is 5.90. The molecule has 0 radical (unpaired) electrons. The summed E-state index contributed by atoms with van der Waals surface area (Å²) in [5.41, 5.74) is 2.51. The summed E-state index contributed by atoms with van der Waals surface area (Å²) in [7, 11) is 1.61. The molecule has 1 aromatic heterocycles. The molecule has 0 unspecified atom stereocenters. The quantitative estimate of drug-likeness (QED) is 0.669. The predicted molar refractivity (Wildman–Crippen MR) is 79.1 cm³/mol. The van der Waals surface area contributed by atoms with Gasteiger partial charge in [-0.15, -0.1) is 0 Å². The molecule has 0 saturated carbocycles. The van der Waals surface area contributed by atoms with E-state index in [2.05, 4.69) is 9.97 Å². The van der Waals surface area contributed by atoms with Crippen molar-refractivity contribution in [1.29, 1.82) is 0 Å². The van der Waals surface area contributed by atoms with Gasteiger partial charge >= 0.3 is 5.69 Å². The van der Waals surface area contributed by atoms with Crippen molar-refractivity contribution in [2.75, 3.05) is 12.1 Å². The van der Waals surface area contributed by atoms with Gasteiger partial charge in [-0.2, -0.15) is 9.97 Å². The lowest BCUT2D eigenvalue weighted by Crippen LogP contribution is -2.34. The van der Waals surface area contributed by atoms with Crippen molar-refractivity contribution in [1.82, 2.24) is 14.5 Å². The molecule has 0 saturated heterocycles. The summed E-state index contributed by atoms with van der Waals surface area (Å²) in [6.07, 6.45) is 0.617. The lowest BCUT2D eigenvalue weighted by Gasteiger charge is -2.17. The molecule has 20 heavy (non-hydrogen) atoms. The number of aromatic nitrogens is 3. The van der Waals surface area contributed by atoms with Crippen LogP contribution >= 0.6 is 0 Å². The first-order chi connectivity index (χ1) is 9.45. The van der Waals surface area contributed by atoms with Crippen LogP contribution in [0.3, 0.4) is 0 Å². The molecule has 0 amide bonds.